The van der Waals surface area contributed by atoms with Gasteiger partial charge in [-0.25, -0.2) is 5.01 Å². The number of methoxy groups -OCH3 is 1. The number of ether oxygens (including phenoxy) is 1. The number of hydrogen-bond donors (Lipinski definition) is 0. The topological polar surface area (TPSA) is 45.7 Å². The summed E-state index contributed by atoms with van der Waals surface area (Å²) in [6.45, 7) is 1.63. The number of amides is 1. The molecule has 3 heterocycles. The highest BCUT2D eigenvalue weighted by molar-refractivity contribution is 5.77. The van der Waals surface area contributed by atoms with E-state index in [9.17, 15) is 4.79 Å². The third-order valence-corrected chi connectivity index (χ3v) is 4.47. The zero-order valence-electron chi connectivity index (χ0n) is 12.6. The van der Waals surface area contributed by atoms with Gasteiger partial charge in [-0.15, -0.1) is 0 Å². The molecule has 0 spiro atoms. The third-order valence-electron chi connectivity index (χ3n) is 4.47. The monoisotopic (exact) mass is 289 g/mol. The van der Waals surface area contributed by atoms with Crippen LogP contribution < -0.4 is 0 Å². The highest BCUT2D eigenvalue weighted by Gasteiger charge is 2.38. The van der Waals surface area contributed by atoms with E-state index in [1.165, 1.54) is 0 Å². The molecule has 5 heteroatoms. The van der Waals surface area contributed by atoms with Crippen molar-refractivity contribution < 1.29 is 9.53 Å². The summed E-state index contributed by atoms with van der Waals surface area (Å²) < 4.78 is 5.33. The molecule has 5 nitrogen and oxygen atoms in total. The van der Waals surface area contributed by atoms with Crippen LogP contribution in [0, 0.1) is 0 Å². The Morgan fingerprint density at radius 1 is 1.38 bits per heavy atom. The summed E-state index contributed by atoms with van der Waals surface area (Å²) >= 11 is 0. The van der Waals surface area contributed by atoms with Crippen LogP contribution in [0.25, 0.3) is 0 Å². The Balaban J connectivity index is 1.86. The normalized spacial score (nSPS) is 27.3. The summed E-state index contributed by atoms with van der Waals surface area (Å²) in [6, 6.07) is 4.46. The summed E-state index contributed by atoms with van der Waals surface area (Å²) in [4.78, 5) is 16.8. The number of hydrazine groups is 1. The van der Waals surface area contributed by atoms with E-state index in [0.29, 0.717) is 19.1 Å². The quantitative estimate of drug-likeness (QED) is 0.852. The van der Waals surface area contributed by atoms with Crippen molar-refractivity contribution >= 4 is 5.91 Å². The lowest BCUT2D eigenvalue weighted by molar-refractivity contribution is -0.165. The fourth-order valence-electron chi connectivity index (χ4n) is 3.53. The highest BCUT2D eigenvalue weighted by Crippen LogP contribution is 2.35. The maximum Gasteiger partial charge on any atom is 0.237 e. The first-order valence-electron chi connectivity index (χ1n) is 7.78. The molecule has 1 amide bonds. The molecule has 2 atom stereocenters. The maximum absolute atomic E-state index is 12.5. The second kappa shape index (κ2) is 6.54. The molecule has 114 valence electrons. The summed E-state index contributed by atoms with van der Waals surface area (Å²) in [5.41, 5.74) is 1.13. The van der Waals surface area contributed by atoms with Crippen LogP contribution in [0.15, 0.2) is 24.5 Å². The predicted octanol–water partition coefficient (Wildman–Crippen LogP) is 2.16. The minimum atomic E-state index is 0.123. The first-order chi connectivity index (χ1) is 10.3. The molecule has 1 aromatic rings. The Labute approximate surface area is 125 Å². The van der Waals surface area contributed by atoms with Gasteiger partial charge in [-0.1, -0.05) is 6.07 Å². The molecule has 0 aromatic carbocycles. The average Bonchev–Trinajstić information content (AvgIpc) is 2.96. The lowest BCUT2D eigenvalue weighted by atomic mass is 9.97. The van der Waals surface area contributed by atoms with Gasteiger partial charge < -0.3 is 4.74 Å². The van der Waals surface area contributed by atoms with Gasteiger partial charge in [-0.05, 0) is 37.3 Å². The molecular formula is C16H23N3O2. The van der Waals surface area contributed by atoms with Crippen molar-refractivity contribution in [2.24, 2.45) is 0 Å². The number of piperidine rings is 1. The van der Waals surface area contributed by atoms with E-state index in [4.69, 9.17) is 4.74 Å². The molecule has 0 radical (unpaired) electrons. The molecule has 0 N–H and O–H groups in total. The van der Waals surface area contributed by atoms with Crippen LogP contribution in [-0.4, -0.2) is 47.2 Å². The van der Waals surface area contributed by atoms with Gasteiger partial charge in [0.05, 0.1) is 18.7 Å². The Kier molecular flexibility index (Phi) is 4.51. The van der Waals surface area contributed by atoms with E-state index >= 15 is 0 Å². The Morgan fingerprint density at radius 2 is 2.29 bits per heavy atom. The van der Waals surface area contributed by atoms with Crippen LogP contribution in [0.4, 0.5) is 0 Å². The molecule has 3 rings (SSSR count). The lowest BCUT2D eigenvalue weighted by Gasteiger charge is -2.43. The molecule has 2 saturated heterocycles. The molecule has 0 bridgehead atoms. The number of aromatic nitrogens is 1. The Hall–Kier alpha value is -1.46. The number of hydrogen-bond acceptors (Lipinski definition) is 4. The predicted molar refractivity (Wildman–Crippen MR) is 79.3 cm³/mol. The van der Waals surface area contributed by atoms with E-state index in [1.54, 1.807) is 13.3 Å². The Morgan fingerprint density at radius 3 is 3.05 bits per heavy atom. The smallest absolute Gasteiger partial charge is 0.237 e. The second-order valence-electron chi connectivity index (χ2n) is 5.85. The SMILES string of the molecule is COC[C@@H]1CCCN1N1C(=O)CCC[C@H]1c1cccnc1. The molecule has 0 unspecified atom stereocenters. The average molecular weight is 289 g/mol. The molecule has 0 saturated carbocycles. The lowest BCUT2D eigenvalue weighted by Crippen LogP contribution is -2.53. The van der Waals surface area contributed by atoms with Gasteiger partial charge in [0.2, 0.25) is 5.91 Å². The molecule has 0 aliphatic carbocycles. The molecule has 2 fully saturated rings. The van der Waals surface area contributed by atoms with Crippen molar-refractivity contribution in [1.29, 1.82) is 0 Å². The summed E-state index contributed by atoms with van der Waals surface area (Å²) in [6.07, 6.45) is 8.49. The molecular weight excluding hydrogens is 266 g/mol. The second-order valence-corrected chi connectivity index (χ2v) is 5.85. The van der Waals surface area contributed by atoms with Crippen LogP contribution in [0.3, 0.4) is 0 Å². The fourth-order valence-corrected chi connectivity index (χ4v) is 3.53. The third kappa shape index (κ3) is 2.94. The molecule has 2 aliphatic rings. The summed E-state index contributed by atoms with van der Waals surface area (Å²) in [5.74, 6) is 0.234. The standard InChI is InChI=1S/C16H23N3O2/c1-21-12-14-6-4-10-18(14)19-15(7-2-8-16(19)20)13-5-3-9-17-11-13/h3,5,9,11,14-15H,2,4,6-8,10,12H2,1H3/t14-,15-/m0/s1. The maximum atomic E-state index is 12.5. The van der Waals surface area contributed by atoms with Crippen molar-refractivity contribution in [3.63, 3.8) is 0 Å². The first-order valence-corrected chi connectivity index (χ1v) is 7.78. The van der Waals surface area contributed by atoms with Gasteiger partial charge in [0, 0.05) is 32.5 Å². The summed E-state index contributed by atoms with van der Waals surface area (Å²) in [7, 11) is 1.73. The van der Waals surface area contributed by atoms with Crippen LogP contribution in [-0.2, 0) is 9.53 Å². The van der Waals surface area contributed by atoms with Crippen LogP contribution in [0.5, 0.6) is 0 Å². The minimum absolute atomic E-state index is 0.123. The van der Waals surface area contributed by atoms with Gasteiger partial charge in [-0.3, -0.25) is 14.8 Å². The first kappa shape index (κ1) is 14.5. The number of rotatable bonds is 4. The fraction of sp³-hybridized carbons (Fsp3) is 0.625. The number of pyridine rings is 1. The zero-order valence-corrected chi connectivity index (χ0v) is 12.6. The number of nitrogens with zero attached hydrogens (tertiary/aromatic N) is 3. The Bertz CT molecular complexity index is 480. The van der Waals surface area contributed by atoms with Crippen molar-refractivity contribution in [3.05, 3.63) is 30.1 Å². The van der Waals surface area contributed by atoms with Crippen LogP contribution in [0.1, 0.15) is 43.7 Å². The van der Waals surface area contributed by atoms with E-state index in [2.05, 4.69) is 16.1 Å². The van der Waals surface area contributed by atoms with Gasteiger partial charge in [0.15, 0.2) is 0 Å². The largest absolute Gasteiger partial charge is 0.383 e. The van der Waals surface area contributed by atoms with Gasteiger partial charge in [0.25, 0.3) is 0 Å². The summed E-state index contributed by atoms with van der Waals surface area (Å²) in [5, 5.41) is 4.24. The van der Waals surface area contributed by atoms with Gasteiger partial charge in [0.1, 0.15) is 0 Å². The van der Waals surface area contributed by atoms with Crippen molar-refractivity contribution in [1.82, 2.24) is 15.0 Å². The number of carbonyl (C=O) groups is 1. The molecule has 2 aliphatic heterocycles. The van der Waals surface area contributed by atoms with Crippen LogP contribution >= 0.6 is 0 Å². The van der Waals surface area contributed by atoms with Crippen LogP contribution in [0.2, 0.25) is 0 Å². The van der Waals surface area contributed by atoms with Gasteiger partial charge in [-0.2, -0.15) is 0 Å². The van der Waals surface area contributed by atoms with E-state index in [-0.39, 0.29) is 11.9 Å². The molecule has 21 heavy (non-hydrogen) atoms. The molecule has 1 aromatic heterocycles. The zero-order chi connectivity index (χ0) is 14.7. The minimum Gasteiger partial charge on any atom is -0.383 e. The van der Waals surface area contributed by atoms with Crippen molar-refractivity contribution in [3.8, 4) is 0 Å². The van der Waals surface area contributed by atoms with Crippen molar-refractivity contribution in [2.75, 3.05) is 20.3 Å². The van der Waals surface area contributed by atoms with Crippen molar-refractivity contribution in [2.45, 2.75) is 44.2 Å². The van der Waals surface area contributed by atoms with E-state index < -0.39 is 0 Å². The van der Waals surface area contributed by atoms with Gasteiger partial charge >= 0.3 is 0 Å². The van der Waals surface area contributed by atoms with E-state index in [0.717, 1.165) is 37.8 Å². The highest BCUT2D eigenvalue weighted by atomic mass is 16.5. The number of carbonyl (C=O) groups excluding carboxylic acids is 1. The van der Waals surface area contributed by atoms with E-state index in [1.807, 2.05) is 17.3 Å².